The fourth-order valence-electron chi connectivity index (χ4n) is 9.76. The molecule has 336 valence electrons. The second kappa shape index (κ2) is 20.3. The Morgan fingerprint density at radius 2 is 1.79 bits per heavy atom. The number of ether oxygens (including phenoxy) is 5. The smallest absolute Gasteiger partial charge is 0.410 e. The Kier molecular flexibility index (Phi) is 15.9. The number of imidazole rings is 1. The van der Waals surface area contributed by atoms with Gasteiger partial charge in [0.25, 0.3) is 0 Å². The fraction of sp³-hybridized carbons (Fsp3) is 0.696. The number of carbonyl (C=O) groups excluding carboxylic acids is 4. The average Bonchev–Trinajstić information content (AvgIpc) is 3.83. The molecule has 15 heteroatoms. The first-order chi connectivity index (χ1) is 28.9. The first kappa shape index (κ1) is 47.8. The molecule has 5 heterocycles. The molecule has 0 spiro atoms. The van der Waals surface area contributed by atoms with Crippen molar-refractivity contribution in [3.63, 3.8) is 0 Å². The number of hydrogen-bond donors (Lipinski definition) is 1. The van der Waals surface area contributed by atoms with Crippen molar-refractivity contribution < 1.29 is 48.0 Å². The van der Waals surface area contributed by atoms with Gasteiger partial charge in [-0.3, -0.25) is 24.3 Å². The molecule has 3 aliphatic rings. The Bertz CT molecular complexity index is 1870. The molecule has 0 aliphatic carbocycles. The normalized spacial score (nSPS) is 35.3. The van der Waals surface area contributed by atoms with Crippen LogP contribution in [0.15, 0.2) is 37.1 Å². The van der Waals surface area contributed by atoms with E-state index >= 15 is 0 Å². The number of pyridine rings is 1. The van der Waals surface area contributed by atoms with Gasteiger partial charge in [0.05, 0.1) is 35.9 Å². The van der Waals surface area contributed by atoms with Gasteiger partial charge in [-0.1, -0.05) is 27.7 Å². The standard InChI is InChI=1S/C46H67N5O10/c1-12-14-20-49(10)35-23-29(4)58-43(39(35)54)60-41-31(6)38(53)32(7)42(55)59-36(13-2)46(9)40(30(5)37(52)28(3)24-45(41,8)57-11)51(44(56)61-46)22-16-15-21-50-26-34(48-27-50)33-18-17-19-47-25-33/h1,17-19,25-32,35-36,39-41,43,54H,13-16,20-24H2,2-11H3/t28-,29-,30+,31+,32-,35+,36-,39-,40?,41-,43+,45-,46-/m1/s1. The predicted molar refractivity (Wildman–Crippen MR) is 227 cm³/mol. The number of aryl methyl sites for hydroxylation is 1. The highest BCUT2D eigenvalue weighted by molar-refractivity contribution is 6.00. The number of methoxy groups -OCH3 is 1. The summed E-state index contributed by atoms with van der Waals surface area (Å²) in [5.74, 6) is -2.43. The molecular weight excluding hydrogens is 783 g/mol. The molecule has 1 amide bonds. The van der Waals surface area contributed by atoms with Gasteiger partial charge in [0.1, 0.15) is 23.9 Å². The van der Waals surface area contributed by atoms with Crippen molar-refractivity contribution in [3.8, 4) is 23.6 Å². The average molecular weight is 850 g/mol. The molecule has 2 aromatic heterocycles. The molecule has 1 N–H and O–H groups in total. The monoisotopic (exact) mass is 849 g/mol. The van der Waals surface area contributed by atoms with E-state index in [-0.39, 0.29) is 30.8 Å². The summed E-state index contributed by atoms with van der Waals surface area (Å²) in [6.07, 6.45) is 10.2. The SMILES string of the molecule is C#CCCN(C)[C@H]1C[C@@H](C)O[C@@H](O[C@@H]2[C@@H](C)C(=O)[C@@H](C)C(=O)O[C@H](CC)[C@@]3(C)OC(=O)N(CCCCn4cnc(-c5cccnc5)c4)C3[C@@H](C)C(=O)[C@H](C)C[C@@]2(C)OC)[C@@H]1O. The van der Waals surface area contributed by atoms with Gasteiger partial charge in [0.15, 0.2) is 17.7 Å². The van der Waals surface area contributed by atoms with Gasteiger partial charge in [0, 0.05) is 81.1 Å². The maximum absolute atomic E-state index is 14.8. The topological polar surface area (TPSA) is 172 Å². The van der Waals surface area contributed by atoms with Crippen molar-refractivity contribution in [1.29, 1.82) is 0 Å². The van der Waals surface area contributed by atoms with Gasteiger partial charge in [-0.05, 0) is 79.0 Å². The highest BCUT2D eigenvalue weighted by Crippen LogP contribution is 2.43. The number of aliphatic hydroxyl groups is 1. The van der Waals surface area contributed by atoms with Crippen molar-refractivity contribution in [2.24, 2.45) is 23.7 Å². The zero-order valence-corrected chi connectivity index (χ0v) is 37.6. The Balaban J connectivity index is 1.43. The minimum absolute atomic E-state index is 0.110. The number of fused-ring (bicyclic) bond motifs is 1. The van der Waals surface area contributed by atoms with Crippen LogP contribution in [0, 0.1) is 36.0 Å². The number of hydrogen-bond acceptors (Lipinski definition) is 13. The number of esters is 1. The Hall–Kier alpha value is -4.20. The van der Waals surface area contributed by atoms with E-state index in [1.165, 1.54) is 14.0 Å². The highest BCUT2D eigenvalue weighted by Gasteiger charge is 2.60. The lowest BCUT2D eigenvalue weighted by Gasteiger charge is -2.47. The number of aromatic nitrogens is 3. The number of unbranched alkanes of at least 4 members (excludes halogenated alkanes) is 1. The van der Waals surface area contributed by atoms with E-state index in [0.717, 1.165) is 11.3 Å². The zero-order chi connectivity index (χ0) is 44.8. The van der Waals surface area contributed by atoms with Crippen molar-refractivity contribution in [3.05, 3.63) is 37.1 Å². The van der Waals surface area contributed by atoms with Crippen molar-refractivity contribution in [2.75, 3.05) is 27.2 Å². The molecule has 2 aromatic rings. The molecular formula is C46H67N5O10. The summed E-state index contributed by atoms with van der Waals surface area (Å²) in [7, 11) is 3.37. The number of rotatable bonds is 13. The molecule has 3 saturated heterocycles. The van der Waals surface area contributed by atoms with Gasteiger partial charge in [-0.2, -0.15) is 0 Å². The summed E-state index contributed by atoms with van der Waals surface area (Å²) in [6, 6.07) is 2.65. The second-order valence-corrected chi connectivity index (χ2v) is 17.8. The maximum atomic E-state index is 14.8. The van der Waals surface area contributed by atoms with Crippen LogP contribution in [-0.4, -0.2) is 134 Å². The Morgan fingerprint density at radius 3 is 2.44 bits per heavy atom. The van der Waals surface area contributed by atoms with E-state index in [1.54, 1.807) is 58.2 Å². The molecule has 0 bridgehead atoms. The van der Waals surface area contributed by atoms with E-state index in [1.807, 2.05) is 48.7 Å². The highest BCUT2D eigenvalue weighted by atomic mass is 16.7. The molecule has 15 nitrogen and oxygen atoms in total. The molecule has 13 atom stereocenters. The number of terminal acetylenes is 1. The lowest BCUT2D eigenvalue weighted by atomic mass is 9.73. The van der Waals surface area contributed by atoms with Gasteiger partial charge in [-0.25, -0.2) is 9.78 Å². The third-order valence-corrected chi connectivity index (χ3v) is 13.3. The van der Waals surface area contributed by atoms with Crippen LogP contribution in [0.5, 0.6) is 0 Å². The van der Waals surface area contributed by atoms with Crippen LogP contribution in [0.2, 0.25) is 0 Å². The molecule has 0 saturated carbocycles. The molecule has 3 aliphatic heterocycles. The largest absolute Gasteiger partial charge is 0.458 e. The third kappa shape index (κ3) is 10.4. The first-order valence-corrected chi connectivity index (χ1v) is 21.8. The second-order valence-electron chi connectivity index (χ2n) is 17.8. The zero-order valence-electron chi connectivity index (χ0n) is 37.6. The van der Waals surface area contributed by atoms with E-state index in [0.29, 0.717) is 45.3 Å². The van der Waals surface area contributed by atoms with Gasteiger partial charge in [0.2, 0.25) is 0 Å². The van der Waals surface area contributed by atoms with Crippen molar-refractivity contribution >= 4 is 23.6 Å². The number of cyclic esters (lactones) is 1. The van der Waals surface area contributed by atoms with E-state index in [9.17, 15) is 24.3 Å². The Labute approximate surface area is 361 Å². The minimum Gasteiger partial charge on any atom is -0.458 e. The van der Waals surface area contributed by atoms with Crippen LogP contribution in [0.3, 0.4) is 0 Å². The van der Waals surface area contributed by atoms with Gasteiger partial charge >= 0.3 is 12.1 Å². The van der Waals surface area contributed by atoms with E-state index in [4.69, 9.17) is 30.1 Å². The van der Waals surface area contributed by atoms with E-state index in [2.05, 4.69) is 15.9 Å². The summed E-state index contributed by atoms with van der Waals surface area (Å²) in [5, 5.41) is 11.7. The number of aliphatic hydroxyl groups excluding tert-OH is 1. The summed E-state index contributed by atoms with van der Waals surface area (Å²) >= 11 is 0. The molecule has 0 radical (unpaired) electrons. The van der Waals surface area contributed by atoms with Crippen molar-refractivity contribution in [2.45, 2.75) is 154 Å². The number of amides is 1. The lowest BCUT2D eigenvalue weighted by Crippen LogP contribution is -2.60. The molecule has 1 unspecified atom stereocenters. The molecule has 0 aromatic carbocycles. The van der Waals surface area contributed by atoms with Crippen molar-refractivity contribution in [1.82, 2.24) is 24.3 Å². The van der Waals surface area contributed by atoms with Crippen LogP contribution < -0.4 is 0 Å². The van der Waals surface area contributed by atoms with Gasteiger partial charge < -0.3 is 38.3 Å². The first-order valence-electron chi connectivity index (χ1n) is 21.8. The van der Waals surface area contributed by atoms with Crippen LogP contribution in [0.1, 0.15) is 93.9 Å². The van der Waals surface area contributed by atoms with E-state index < -0.39 is 83.4 Å². The number of carbonyl (C=O) groups is 4. The number of Topliss-reactive ketones (excluding diaryl/α,β-unsaturated/α-hetero) is 2. The molecule has 3 fully saturated rings. The summed E-state index contributed by atoms with van der Waals surface area (Å²) in [6.45, 7) is 15.4. The van der Waals surface area contributed by atoms with Crippen LogP contribution in [0.4, 0.5) is 4.79 Å². The number of nitrogens with zero attached hydrogens (tertiary/aromatic N) is 5. The van der Waals surface area contributed by atoms with Crippen LogP contribution in [-0.2, 0) is 44.6 Å². The molecule has 5 rings (SSSR count). The summed E-state index contributed by atoms with van der Waals surface area (Å²) < 4.78 is 33.4. The Morgan fingerprint density at radius 1 is 1.07 bits per heavy atom. The quantitative estimate of drug-likeness (QED) is 0.119. The number of ketones is 2. The van der Waals surface area contributed by atoms with Gasteiger partial charge in [-0.15, -0.1) is 12.3 Å². The number of likely N-dealkylation sites (N-methyl/N-ethyl adjacent to an activating group) is 1. The third-order valence-electron chi connectivity index (χ3n) is 13.3. The maximum Gasteiger partial charge on any atom is 0.410 e. The van der Waals surface area contributed by atoms with Crippen LogP contribution in [0.25, 0.3) is 11.3 Å². The lowest BCUT2D eigenvalue weighted by molar-refractivity contribution is -0.296. The minimum atomic E-state index is -1.41. The molecule has 61 heavy (non-hydrogen) atoms. The summed E-state index contributed by atoms with van der Waals surface area (Å²) in [4.78, 5) is 69.4. The fourth-order valence-corrected chi connectivity index (χ4v) is 9.76. The summed E-state index contributed by atoms with van der Waals surface area (Å²) in [5.41, 5.74) is -0.989. The van der Waals surface area contributed by atoms with Crippen LogP contribution >= 0.6 is 0 Å². The predicted octanol–water partition coefficient (Wildman–Crippen LogP) is 5.32.